The van der Waals surface area contributed by atoms with Crippen LogP contribution in [0.3, 0.4) is 0 Å². The van der Waals surface area contributed by atoms with Crippen LogP contribution in [0, 0.1) is 11.7 Å². The van der Waals surface area contributed by atoms with E-state index in [2.05, 4.69) is 0 Å². The molecule has 1 aromatic carbocycles. The minimum atomic E-state index is -0.324. The van der Waals surface area contributed by atoms with Crippen LogP contribution >= 0.6 is 0 Å². The van der Waals surface area contributed by atoms with E-state index >= 15 is 0 Å². The van der Waals surface area contributed by atoms with Crippen molar-refractivity contribution in [3.05, 3.63) is 35.6 Å². The topological polar surface area (TPSA) is 40.6 Å². The Morgan fingerprint density at radius 3 is 2.41 bits per heavy atom. The lowest BCUT2D eigenvalue weighted by Crippen LogP contribution is -2.47. The third-order valence-electron chi connectivity index (χ3n) is 4.46. The van der Waals surface area contributed by atoms with Crippen molar-refractivity contribution in [3.63, 3.8) is 0 Å². The number of rotatable bonds is 4. The third-order valence-corrected chi connectivity index (χ3v) is 4.46. The van der Waals surface area contributed by atoms with Crippen LogP contribution in [0.4, 0.5) is 4.39 Å². The zero-order chi connectivity index (χ0) is 16.3. The van der Waals surface area contributed by atoms with Crippen LogP contribution < -0.4 is 0 Å². The number of carbonyl (C=O) groups is 2. The Hall–Kier alpha value is -1.91. The van der Waals surface area contributed by atoms with Crippen molar-refractivity contribution in [2.75, 3.05) is 20.1 Å². The summed E-state index contributed by atoms with van der Waals surface area (Å²) in [7, 11) is 1.72. The number of nitrogens with zero attached hydrogens (tertiary/aromatic N) is 2. The zero-order valence-corrected chi connectivity index (χ0v) is 13.4. The predicted octanol–water partition coefficient (Wildman–Crippen LogP) is 2.60. The maximum atomic E-state index is 13.2. The van der Waals surface area contributed by atoms with E-state index < -0.39 is 0 Å². The molecule has 1 aliphatic rings. The quantitative estimate of drug-likeness (QED) is 0.858. The molecule has 2 atom stereocenters. The van der Waals surface area contributed by atoms with Crippen molar-refractivity contribution in [2.45, 2.75) is 32.7 Å². The highest BCUT2D eigenvalue weighted by molar-refractivity contribution is 5.85. The molecule has 1 heterocycles. The molecule has 1 saturated heterocycles. The fraction of sp³-hybridized carbons (Fsp3) is 0.529. The van der Waals surface area contributed by atoms with Gasteiger partial charge in [-0.25, -0.2) is 4.39 Å². The summed E-state index contributed by atoms with van der Waals surface area (Å²) in [5.41, 5.74) is 0.808. The van der Waals surface area contributed by atoms with Gasteiger partial charge >= 0.3 is 0 Å². The molecule has 1 aliphatic heterocycles. The smallest absolute Gasteiger partial charge is 0.228 e. The number of hydrogen-bond donors (Lipinski definition) is 0. The molecule has 5 heteroatoms. The maximum absolute atomic E-state index is 13.2. The Morgan fingerprint density at radius 1 is 1.27 bits per heavy atom. The summed E-state index contributed by atoms with van der Waals surface area (Å²) >= 11 is 0. The van der Waals surface area contributed by atoms with Crippen LogP contribution in [-0.4, -0.2) is 41.8 Å². The number of carbonyl (C=O) groups excluding carboxylic acids is 2. The minimum Gasteiger partial charge on any atom is -0.343 e. The second-order valence-corrected chi connectivity index (χ2v) is 5.66. The van der Waals surface area contributed by atoms with E-state index in [4.69, 9.17) is 0 Å². The van der Waals surface area contributed by atoms with E-state index in [0.29, 0.717) is 25.9 Å². The molecule has 0 radical (unpaired) electrons. The van der Waals surface area contributed by atoms with E-state index in [1.165, 1.54) is 12.1 Å². The highest BCUT2D eigenvalue weighted by atomic mass is 19.1. The van der Waals surface area contributed by atoms with Gasteiger partial charge in [0.05, 0.1) is 12.0 Å². The van der Waals surface area contributed by atoms with Crippen LogP contribution in [0.1, 0.15) is 38.3 Å². The number of halogens is 1. The Morgan fingerprint density at radius 2 is 1.86 bits per heavy atom. The highest BCUT2D eigenvalue weighted by Crippen LogP contribution is 2.36. The molecule has 1 aromatic rings. The first-order valence-corrected chi connectivity index (χ1v) is 7.79. The maximum Gasteiger partial charge on any atom is 0.228 e. The summed E-state index contributed by atoms with van der Waals surface area (Å²) in [5.74, 6) is -0.496. The average molecular weight is 306 g/mol. The second kappa shape index (κ2) is 6.90. The monoisotopic (exact) mass is 306 g/mol. The lowest BCUT2D eigenvalue weighted by Gasteiger charge is -2.40. The molecule has 22 heavy (non-hydrogen) atoms. The molecular weight excluding hydrogens is 283 g/mol. The molecule has 0 bridgehead atoms. The second-order valence-electron chi connectivity index (χ2n) is 5.66. The SMILES string of the molecule is CCN(CC)C(=O)[C@H]1CCC(=O)N(C)[C@@H]1c1ccc(F)cc1. The first kappa shape index (κ1) is 16.5. The number of benzene rings is 1. The molecule has 0 unspecified atom stereocenters. The van der Waals surface area contributed by atoms with Gasteiger partial charge in [-0.05, 0) is 38.0 Å². The third kappa shape index (κ3) is 3.13. The molecular formula is C17H23FN2O2. The fourth-order valence-corrected chi connectivity index (χ4v) is 3.18. The van der Waals surface area contributed by atoms with E-state index in [1.807, 2.05) is 13.8 Å². The molecule has 2 amide bonds. The van der Waals surface area contributed by atoms with Crippen molar-refractivity contribution >= 4 is 11.8 Å². The van der Waals surface area contributed by atoms with Crippen LogP contribution in [0.15, 0.2) is 24.3 Å². The van der Waals surface area contributed by atoms with Crippen LogP contribution in [-0.2, 0) is 9.59 Å². The Bertz CT molecular complexity index is 540. The molecule has 0 saturated carbocycles. The van der Waals surface area contributed by atoms with Gasteiger partial charge in [0.2, 0.25) is 11.8 Å². The lowest BCUT2D eigenvalue weighted by molar-refractivity contribution is -0.146. The minimum absolute atomic E-state index is 0.0259. The first-order valence-electron chi connectivity index (χ1n) is 7.79. The van der Waals surface area contributed by atoms with Gasteiger partial charge in [0.1, 0.15) is 5.82 Å². The first-order chi connectivity index (χ1) is 10.5. The number of hydrogen-bond acceptors (Lipinski definition) is 2. The zero-order valence-electron chi connectivity index (χ0n) is 13.4. The summed E-state index contributed by atoms with van der Waals surface area (Å²) in [5, 5.41) is 0. The van der Waals surface area contributed by atoms with Gasteiger partial charge in [0, 0.05) is 26.6 Å². The molecule has 4 nitrogen and oxygen atoms in total. The number of amides is 2. The van der Waals surface area contributed by atoms with Gasteiger partial charge in [-0.1, -0.05) is 12.1 Å². The van der Waals surface area contributed by atoms with Crippen molar-refractivity contribution in [2.24, 2.45) is 5.92 Å². The molecule has 1 fully saturated rings. The van der Waals surface area contributed by atoms with Gasteiger partial charge in [-0.15, -0.1) is 0 Å². The van der Waals surface area contributed by atoms with Crippen LogP contribution in [0.5, 0.6) is 0 Å². The van der Waals surface area contributed by atoms with E-state index in [-0.39, 0.29) is 29.6 Å². The molecule has 0 aliphatic carbocycles. The van der Waals surface area contributed by atoms with Crippen LogP contribution in [0.25, 0.3) is 0 Å². The average Bonchev–Trinajstić information content (AvgIpc) is 2.52. The van der Waals surface area contributed by atoms with Crippen molar-refractivity contribution in [3.8, 4) is 0 Å². The van der Waals surface area contributed by atoms with Gasteiger partial charge < -0.3 is 9.80 Å². The normalized spacial score (nSPS) is 21.8. The lowest BCUT2D eigenvalue weighted by atomic mass is 9.83. The largest absolute Gasteiger partial charge is 0.343 e. The summed E-state index contributed by atoms with van der Waals surface area (Å²) in [6.07, 6.45) is 0.923. The molecule has 0 aromatic heterocycles. The number of likely N-dealkylation sites (tertiary alicyclic amines) is 1. The predicted molar refractivity (Wildman–Crippen MR) is 82.6 cm³/mol. The summed E-state index contributed by atoms with van der Waals surface area (Å²) in [4.78, 5) is 28.3. The standard InChI is InChI=1S/C17H23FN2O2/c1-4-20(5-2)17(22)14-10-11-15(21)19(3)16(14)12-6-8-13(18)9-7-12/h6-9,14,16H,4-5,10-11H2,1-3H3/t14-,16+/m0/s1. The van der Waals surface area contributed by atoms with Gasteiger partial charge in [-0.3, -0.25) is 9.59 Å². The van der Waals surface area contributed by atoms with Crippen molar-refractivity contribution in [1.29, 1.82) is 0 Å². The van der Waals surface area contributed by atoms with Crippen molar-refractivity contribution < 1.29 is 14.0 Å². The van der Waals surface area contributed by atoms with E-state index in [0.717, 1.165) is 5.56 Å². The fourth-order valence-electron chi connectivity index (χ4n) is 3.18. The molecule has 120 valence electrons. The summed E-state index contributed by atoms with van der Waals surface area (Å²) in [6.45, 7) is 5.21. The molecule has 0 N–H and O–H groups in total. The Labute approximate surface area is 130 Å². The highest BCUT2D eigenvalue weighted by Gasteiger charge is 2.40. The van der Waals surface area contributed by atoms with E-state index in [9.17, 15) is 14.0 Å². The van der Waals surface area contributed by atoms with Gasteiger partial charge in [-0.2, -0.15) is 0 Å². The number of piperidine rings is 1. The molecule has 2 rings (SSSR count). The van der Waals surface area contributed by atoms with Crippen molar-refractivity contribution in [1.82, 2.24) is 9.80 Å². The molecule has 0 spiro atoms. The summed E-state index contributed by atoms with van der Waals surface area (Å²) < 4.78 is 13.2. The van der Waals surface area contributed by atoms with E-state index in [1.54, 1.807) is 29.0 Å². The van der Waals surface area contributed by atoms with Gasteiger partial charge in [0.25, 0.3) is 0 Å². The summed E-state index contributed by atoms with van der Waals surface area (Å²) in [6, 6.07) is 5.76. The Kier molecular flexibility index (Phi) is 5.16. The van der Waals surface area contributed by atoms with Gasteiger partial charge in [0.15, 0.2) is 0 Å². The Balaban J connectivity index is 2.35. The van der Waals surface area contributed by atoms with Crippen LogP contribution in [0.2, 0.25) is 0 Å².